The van der Waals surface area contributed by atoms with Crippen molar-refractivity contribution in [3.05, 3.63) is 145 Å². The van der Waals surface area contributed by atoms with E-state index in [1.807, 2.05) is 12.1 Å². The Bertz CT molecular complexity index is 3080. The highest BCUT2D eigenvalue weighted by Crippen LogP contribution is 2.51. The summed E-state index contributed by atoms with van der Waals surface area (Å²) in [5, 5.41) is 6.09. The van der Waals surface area contributed by atoms with E-state index in [1.165, 1.54) is 51.7 Å². The fourth-order valence-corrected chi connectivity index (χ4v) is 10.3. The standard InChI is InChI=1S/C43H24N2S3/c1-3-16-36-30(12-1)34-23-28(18-20-38(34)46-36)45(29-19-21-39-35(24-29)31-13-2-4-17-37(31)47-39)27-11-5-10-26(22-27)43-44-41-32-14-6-8-25-9-7-15-33(40(25)32)42(41)48-43/h1-24H/i6D,7D,8D,9D,14D,15D. The van der Waals surface area contributed by atoms with E-state index < -0.39 is 0 Å². The number of hydrogen-bond acceptors (Lipinski definition) is 5. The van der Waals surface area contributed by atoms with E-state index in [2.05, 4.69) is 102 Å². The Labute approximate surface area is 296 Å². The predicted molar refractivity (Wildman–Crippen MR) is 210 cm³/mol. The van der Waals surface area contributed by atoms with Crippen molar-refractivity contribution in [3.63, 3.8) is 0 Å². The average Bonchev–Trinajstić information content (AvgIpc) is 3.96. The zero-order chi connectivity index (χ0) is 36.6. The Morgan fingerprint density at radius 3 is 1.81 bits per heavy atom. The number of thiazole rings is 1. The summed E-state index contributed by atoms with van der Waals surface area (Å²) >= 11 is 4.96. The normalized spacial score (nSPS) is 13.9. The number of benzene rings is 7. The summed E-state index contributed by atoms with van der Waals surface area (Å²) < 4.78 is 56.9. The molecule has 7 aromatic carbocycles. The van der Waals surface area contributed by atoms with Crippen LogP contribution < -0.4 is 4.90 Å². The van der Waals surface area contributed by atoms with Crippen molar-refractivity contribution in [3.8, 4) is 32.3 Å². The molecular weight excluding hydrogens is 641 g/mol. The summed E-state index contributed by atoms with van der Waals surface area (Å²) in [5.74, 6) is 0. The van der Waals surface area contributed by atoms with Gasteiger partial charge in [0.2, 0.25) is 0 Å². The number of rotatable bonds is 4. The van der Waals surface area contributed by atoms with Crippen LogP contribution in [-0.4, -0.2) is 4.98 Å². The maximum atomic E-state index is 8.86. The van der Waals surface area contributed by atoms with E-state index in [-0.39, 0.29) is 41.6 Å². The van der Waals surface area contributed by atoms with Gasteiger partial charge in [-0.25, -0.2) is 4.98 Å². The molecule has 48 heavy (non-hydrogen) atoms. The molecule has 3 aromatic heterocycles. The fraction of sp³-hybridized carbons (Fsp3) is 0. The molecule has 0 unspecified atom stereocenters. The largest absolute Gasteiger partial charge is 0.310 e. The Balaban J connectivity index is 1.11. The van der Waals surface area contributed by atoms with Gasteiger partial charge in [0, 0.05) is 74.1 Å². The third-order valence-electron chi connectivity index (χ3n) is 9.18. The fourth-order valence-electron chi connectivity index (χ4n) is 7.03. The molecule has 0 radical (unpaired) electrons. The van der Waals surface area contributed by atoms with Crippen molar-refractivity contribution in [1.82, 2.24) is 4.98 Å². The lowest BCUT2D eigenvalue weighted by Gasteiger charge is -2.26. The molecule has 0 fully saturated rings. The second-order valence-electron chi connectivity index (χ2n) is 11.9. The van der Waals surface area contributed by atoms with Gasteiger partial charge in [0.25, 0.3) is 0 Å². The summed E-state index contributed by atoms with van der Waals surface area (Å²) in [4.78, 5) is 7.97. The van der Waals surface area contributed by atoms with Gasteiger partial charge in [-0.1, -0.05) is 84.8 Å². The van der Waals surface area contributed by atoms with Crippen molar-refractivity contribution in [2.45, 2.75) is 0 Å². The van der Waals surface area contributed by atoms with Crippen LogP contribution in [-0.2, 0) is 0 Å². The Morgan fingerprint density at radius 2 is 1.12 bits per heavy atom. The minimum absolute atomic E-state index is 0.119. The highest BCUT2D eigenvalue weighted by atomic mass is 32.1. The molecule has 1 aliphatic rings. The first-order chi connectivity index (χ1) is 26.3. The Kier molecular flexibility index (Phi) is 4.52. The highest BCUT2D eigenvalue weighted by Gasteiger charge is 2.26. The van der Waals surface area contributed by atoms with Crippen molar-refractivity contribution in [1.29, 1.82) is 0 Å². The van der Waals surface area contributed by atoms with Gasteiger partial charge in [-0.3, -0.25) is 0 Å². The number of aromatic nitrogens is 1. The van der Waals surface area contributed by atoms with Gasteiger partial charge >= 0.3 is 0 Å². The SMILES string of the molecule is [2H]c1c([2H])c2c3c(c([2H])c([2H])c([2H])c3c1[2H])-c1sc(-c3cccc(N(c4ccc5sc6ccccc6c5c4)c4ccc5sc6ccccc6c5c4)c3)nc1-2. The molecule has 1 aliphatic carbocycles. The molecule has 3 heterocycles. The molecule has 10 aromatic rings. The van der Waals surface area contributed by atoms with Gasteiger partial charge in [-0.2, -0.15) is 0 Å². The van der Waals surface area contributed by atoms with Gasteiger partial charge < -0.3 is 4.90 Å². The van der Waals surface area contributed by atoms with Crippen molar-refractivity contribution in [2.24, 2.45) is 0 Å². The first-order valence-electron chi connectivity index (χ1n) is 18.5. The van der Waals surface area contributed by atoms with Crippen molar-refractivity contribution in [2.75, 3.05) is 4.90 Å². The van der Waals surface area contributed by atoms with Gasteiger partial charge in [-0.05, 0) is 71.4 Å². The lowest BCUT2D eigenvalue weighted by atomic mass is 10.0. The number of fused-ring (bicyclic) bond motifs is 9. The van der Waals surface area contributed by atoms with Crippen LogP contribution in [0.25, 0.3) is 83.4 Å². The maximum Gasteiger partial charge on any atom is 0.124 e. The van der Waals surface area contributed by atoms with Crippen LogP contribution in [0, 0.1) is 0 Å². The van der Waals surface area contributed by atoms with Crippen LogP contribution in [0.2, 0.25) is 0 Å². The first kappa shape index (κ1) is 21.5. The molecule has 5 heteroatoms. The number of thiophene rings is 2. The van der Waals surface area contributed by atoms with Gasteiger partial charge in [-0.15, -0.1) is 34.0 Å². The second kappa shape index (κ2) is 10.1. The smallest absolute Gasteiger partial charge is 0.124 e. The topological polar surface area (TPSA) is 16.1 Å². The monoisotopic (exact) mass is 670 g/mol. The van der Waals surface area contributed by atoms with E-state index >= 15 is 0 Å². The van der Waals surface area contributed by atoms with Crippen LogP contribution in [0.4, 0.5) is 17.1 Å². The zero-order valence-corrected chi connectivity index (χ0v) is 27.5. The van der Waals surface area contributed by atoms with Gasteiger partial charge in [0.1, 0.15) is 5.01 Å². The molecular formula is C43H24N2S3. The highest BCUT2D eigenvalue weighted by molar-refractivity contribution is 7.26. The molecule has 0 bridgehead atoms. The van der Waals surface area contributed by atoms with E-state index in [1.54, 1.807) is 22.7 Å². The van der Waals surface area contributed by atoms with E-state index in [0.717, 1.165) is 22.6 Å². The summed E-state index contributed by atoms with van der Waals surface area (Å²) in [6, 6.07) is 37.2. The molecule has 0 spiro atoms. The molecule has 0 aliphatic heterocycles. The van der Waals surface area contributed by atoms with E-state index in [9.17, 15) is 0 Å². The van der Waals surface area contributed by atoms with E-state index in [0.29, 0.717) is 32.1 Å². The van der Waals surface area contributed by atoms with Crippen LogP contribution >= 0.6 is 34.0 Å². The zero-order valence-electron chi connectivity index (χ0n) is 31.0. The molecule has 0 atom stereocenters. The van der Waals surface area contributed by atoms with Crippen molar-refractivity contribution >= 4 is 102 Å². The number of hydrogen-bond donors (Lipinski definition) is 0. The molecule has 0 N–H and O–H groups in total. The Morgan fingerprint density at radius 1 is 0.521 bits per heavy atom. The predicted octanol–water partition coefficient (Wildman–Crippen LogP) is 13.8. The van der Waals surface area contributed by atoms with Gasteiger partial charge in [0.15, 0.2) is 0 Å². The van der Waals surface area contributed by atoms with Crippen LogP contribution in [0.1, 0.15) is 8.22 Å². The maximum absolute atomic E-state index is 8.86. The molecule has 0 saturated heterocycles. The molecule has 0 saturated carbocycles. The minimum Gasteiger partial charge on any atom is -0.310 e. The van der Waals surface area contributed by atoms with Crippen LogP contribution in [0.3, 0.4) is 0 Å². The molecule has 11 rings (SSSR count). The average molecular weight is 671 g/mol. The number of anilines is 3. The third kappa shape index (κ3) is 3.87. The Hall–Kier alpha value is -5.33. The number of nitrogens with zero attached hydrogens (tertiary/aromatic N) is 2. The van der Waals surface area contributed by atoms with Crippen LogP contribution in [0.5, 0.6) is 0 Å². The first-order valence-corrected chi connectivity index (χ1v) is 18.0. The molecule has 224 valence electrons. The van der Waals surface area contributed by atoms with Gasteiger partial charge in [0.05, 0.1) is 18.8 Å². The summed E-state index contributed by atoms with van der Waals surface area (Å²) in [7, 11) is 0. The van der Waals surface area contributed by atoms with E-state index in [4.69, 9.17) is 13.2 Å². The summed E-state index contributed by atoms with van der Waals surface area (Å²) in [5.41, 5.74) is 5.08. The lowest BCUT2D eigenvalue weighted by molar-refractivity contribution is 1.29. The quantitative estimate of drug-likeness (QED) is 0.185. The summed E-state index contributed by atoms with van der Waals surface area (Å²) in [6.45, 7) is 0. The minimum atomic E-state index is -0.306. The third-order valence-corrected chi connectivity index (χ3v) is 12.6. The van der Waals surface area contributed by atoms with Crippen molar-refractivity contribution < 1.29 is 8.22 Å². The lowest BCUT2D eigenvalue weighted by Crippen LogP contribution is -2.09. The second-order valence-corrected chi connectivity index (χ2v) is 15.1. The molecule has 0 amide bonds. The summed E-state index contributed by atoms with van der Waals surface area (Å²) in [6.07, 6.45) is 0. The molecule has 2 nitrogen and oxygen atoms in total. The van der Waals surface area contributed by atoms with Crippen LogP contribution in [0.15, 0.2) is 145 Å².